The van der Waals surface area contributed by atoms with E-state index in [1.807, 2.05) is 0 Å². The number of nitrogens with one attached hydrogen (secondary N) is 1. The number of carbonyl (C=O) groups is 2. The van der Waals surface area contributed by atoms with Crippen LogP contribution in [0.5, 0.6) is 0 Å². The summed E-state index contributed by atoms with van der Waals surface area (Å²) < 4.78 is 27.1. The van der Waals surface area contributed by atoms with Gasteiger partial charge in [-0.3, -0.25) is 4.79 Å². The lowest BCUT2D eigenvalue weighted by Gasteiger charge is -2.26. The molecule has 1 fully saturated rings. The molecule has 0 atom stereocenters. The van der Waals surface area contributed by atoms with Crippen LogP contribution in [0.15, 0.2) is 47.4 Å². The van der Waals surface area contributed by atoms with E-state index in [4.69, 9.17) is 16.7 Å². The van der Waals surface area contributed by atoms with E-state index in [2.05, 4.69) is 5.32 Å². The van der Waals surface area contributed by atoms with E-state index in [1.54, 1.807) is 0 Å². The standard InChI is InChI=1S/C19H19ClN2O5S/c20-17-9-8-15(28(26,27)22-10-2-1-3-11-22)12-16(17)18(23)21-14-6-4-13(5-7-14)19(24)25/h4-9,12H,1-3,10-11H2,(H,21,23)(H,24,25). The van der Waals surface area contributed by atoms with Crippen molar-refractivity contribution in [1.29, 1.82) is 0 Å². The highest BCUT2D eigenvalue weighted by molar-refractivity contribution is 7.89. The second-order valence-electron chi connectivity index (χ2n) is 6.44. The zero-order chi connectivity index (χ0) is 20.3. The topological polar surface area (TPSA) is 104 Å². The average Bonchev–Trinajstić information content (AvgIpc) is 2.69. The third kappa shape index (κ3) is 4.35. The molecular weight excluding hydrogens is 404 g/mol. The average molecular weight is 423 g/mol. The molecule has 1 aliphatic rings. The first-order valence-corrected chi connectivity index (χ1v) is 10.6. The molecule has 7 nitrogen and oxygen atoms in total. The monoisotopic (exact) mass is 422 g/mol. The molecular formula is C19H19ClN2O5S. The number of anilines is 1. The number of hydrogen-bond donors (Lipinski definition) is 2. The molecule has 0 aliphatic carbocycles. The summed E-state index contributed by atoms with van der Waals surface area (Å²) in [5, 5.41) is 11.6. The van der Waals surface area contributed by atoms with Crippen LogP contribution in [-0.4, -0.2) is 42.8 Å². The number of carboxylic acids is 1. The number of rotatable bonds is 5. The smallest absolute Gasteiger partial charge is 0.335 e. The van der Waals surface area contributed by atoms with Crippen LogP contribution >= 0.6 is 11.6 Å². The summed E-state index contributed by atoms with van der Waals surface area (Å²) in [6.45, 7) is 0.921. The van der Waals surface area contributed by atoms with Crippen LogP contribution in [0.25, 0.3) is 0 Å². The maximum Gasteiger partial charge on any atom is 0.335 e. The molecule has 2 aromatic rings. The van der Waals surface area contributed by atoms with E-state index in [9.17, 15) is 18.0 Å². The van der Waals surface area contributed by atoms with Crippen molar-refractivity contribution in [1.82, 2.24) is 4.31 Å². The molecule has 2 aromatic carbocycles. The van der Waals surface area contributed by atoms with Crippen LogP contribution in [0.3, 0.4) is 0 Å². The molecule has 1 saturated heterocycles. The van der Waals surface area contributed by atoms with Gasteiger partial charge in [0.1, 0.15) is 0 Å². The summed E-state index contributed by atoms with van der Waals surface area (Å²) in [6, 6.07) is 9.67. The highest BCUT2D eigenvalue weighted by atomic mass is 35.5. The molecule has 1 amide bonds. The van der Waals surface area contributed by atoms with E-state index in [-0.39, 0.29) is 21.0 Å². The Kier molecular flexibility index (Phi) is 6.02. The number of benzene rings is 2. The number of halogens is 1. The number of sulfonamides is 1. The third-order valence-electron chi connectivity index (χ3n) is 4.52. The van der Waals surface area contributed by atoms with E-state index in [1.165, 1.54) is 46.8 Å². The second-order valence-corrected chi connectivity index (χ2v) is 8.79. The minimum atomic E-state index is -3.69. The molecule has 3 rings (SSSR count). The Morgan fingerprint density at radius 1 is 1.00 bits per heavy atom. The number of aromatic carboxylic acids is 1. The van der Waals surface area contributed by atoms with Crippen LogP contribution in [0.4, 0.5) is 5.69 Å². The first kappa shape index (κ1) is 20.3. The van der Waals surface area contributed by atoms with Crippen molar-refractivity contribution in [2.45, 2.75) is 24.2 Å². The molecule has 0 unspecified atom stereocenters. The van der Waals surface area contributed by atoms with Gasteiger partial charge in [-0.2, -0.15) is 4.31 Å². The molecule has 2 N–H and O–H groups in total. The molecule has 1 heterocycles. The Labute approximate surface area is 168 Å². The first-order chi connectivity index (χ1) is 13.3. The quantitative estimate of drug-likeness (QED) is 0.767. The van der Waals surface area contributed by atoms with Gasteiger partial charge >= 0.3 is 5.97 Å². The second kappa shape index (κ2) is 8.30. The van der Waals surface area contributed by atoms with Gasteiger partial charge in [0.05, 0.1) is 21.0 Å². The minimum Gasteiger partial charge on any atom is -0.478 e. The molecule has 0 saturated carbocycles. The largest absolute Gasteiger partial charge is 0.478 e. The van der Waals surface area contributed by atoms with E-state index in [0.29, 0.717) is 18.8 Å². The minimum absolute atomic E-state index is 0.0187. The van der Waals surface area contributed by atoms with Gasteiger partial charge < -0.3 is 10.4 Å². The summed E-state index contributed by atoms with van der Waals surface area (Å²) in [6.07, 6.45) is 2.62. The Hall–Kier alpha value is -2.42. The predicted molar refractivity (Wildman–Crippen MR) is 105 cm³/mol. The van der Waals surface area contributed by atoms with Gasteiger partial charge in [-0.25, -0.2) is 13.2 Å². The van der Waals surface area contributed by atoms with Gasteiger partial charge in [-0.1, -0.05) is 18.0 Å². The highest BCUT2D eigenvalue weighted by Crippen LogP contribution is 2.26. The van der Waals surface area contributed by atoms with Crippen LogP contribution in [0, 0.1) is 0 Å². The molecule has 0 radical (unpaired) electrons. The van der Waals surface area contributed by atoms with Gasteiger partial charge in [0, 0.05) is 18.8 Å². The molecule has 9 heteroatoms. The van der Waals surface area contributed by atoms with Gasteiger partial charge in [-0.05, 0) is 55.3 Å². The summed E-state index contributed by atoms with van der Waals surface area (Å²) in [5.41, 5.74) is 0.489. The fourth-order valence-corrected chi connectivity index (χ4v) is 4.73. The van der Waals surface area contributed by atoms with Crippen molar-refractivity contribution in [2.75, 3.05) is 18.4 Å². The Bertz CT molecular complexity index is 999. The SMILES string of the molecule is O=C(O)c1ccc(NC(=O)c2cc(S(=O)(=O)N3CCCCC3)ccc2Cl)cc1. The molecule has 0 aromatic heterocycles. The summed E-state index contributed by atoms with van der Waals surface area (Å²) in [5.74, 6) is -1.65. The van der Waals surface area contributed by atoms with Gasteiger partial charge in [0.25, 0.3) is 5.91 Å². The van der Waals surface area contributed by atoms with E-state index in [0.717, 1.165) is 19.3 Å². The zero-order valence-corrected chi connectivity index (χ0v) is 16.5. The Morgan fingerprint density at radius 2 is 1.64 bits per heavy atom. The van der Waals surface area contributed by atoms with Crippen molar-refractivity contribution in [2.24, 2.45) is 0 Å². The normalized spacial score (nSPS) is 15.2. The van der Waals surface area contributed by atoms with Crippen molar-refractivity contribution in [3.05, 3.63) is 58.6 Å². The first-order valence-electron chi connectivity index (χ1n) is 8.73. The lowest BCUT2D eigenvalue weighted by molar-refractivity contribution is 0.0696. The van der Waals surface area contributed by atoms with Crippen molar-refractivity contribution >= 4 is 39.2 Å². The lowest BCUT2D eigenvalue weighted by Crippen LogP contribution is -2.35. The van der Waals surface area contributed by atoms with Crippen molar-refractivity contribution < 1.29 is 23.1 Å². The van der Waals surface area contributed by atoms with Crippen molar-refractivity contribution in [3.8, 4) is 0 Å². The Balaban J connectivity index is 1.84. The number of piperidine rings is 1. The van der Waals surface area contributed by atoms with Crippen LogP contribution in [0.2, 0.25) is 5.02 Å². The van der Waals surface area contributed by atoms with Gasteiger partial charge in [-0.15, -0.1) is 0 Å². The van der Waals surface area contributed by atoms with E-state index >= 15 is 0 Å². The molecule has 0 spiro atoms. The summed E-state index contributed by atoms with van der Waals surface area (Å²) in [4.78, 5) is 23.5. The number of carboxylic acid groups (broad SMARTS) is 1. The highest BCUT2D eigenvalue weighted by Gasteiger charge is 2.27. The number of amides is 1. The Morgan fingerprint density at radius 3 is 2.25 bits per heavy atom. The fraction of sp³-hybridized carbons (Fsp3) is 0.263. The number of nitrogens with zero attached hydrogens (tertiary/aromatic N) is 1. The third-order valence-corrected chi connectivity index (χ3v) is 6.75. The molecule has 28 heavy (non-hydrogen) atoms. The van der Waals surface area contributed by atoms with Gasteiger partial charge in [0.2, 0.25) is 10.0 Å². The fourth-order valence-electron chi connectivity index (χ4n) is 2.99. The van der Waals surface area contributed by atoms with Gasteiger partial charge in [0.15, 0.2) is 0 Å². The maximum atomic E-state index is 12.8. The van der Waals surface area contributed by atoms with Crippen LogP contribution in [-0.2, 0) is 10.0 Å². The molecule has 148 valence electrons. The van der Waals surface area contributed by atoms with Crippen LogP contribution in [0.1, 0.15) is 40.0 Å². The lowest BCUT2D eigenvalue weighted by atomic mass is 10.2. The summed E-state index contributed by atoms with van der Waals surface area (Å²) in [7, 11) is -3.69. The number of hydrogen-bond acceptors (Lipinski definition) is 4. The molecule has 0 bridgehead atoms. The summed E-state index contributed by atoms with van der Waals surface area (Å²) >= 11 is 6.11. The number of carbonyl (C=O) groups excluding carboxylic acids is 1. The predicted octanol–water partition coefficient (Wildman–Crippen LogP) is 3.47. The van der Waals surface area contributed by atoms with Crippen molar-refractivity contribution in [3.63, 3.8) is 0 Å². The van der Waals surface area contributed by atoms with Crippen LogP contribution < -0.4 is 5.32 Å². The zero-order valence-electron chi connectivity index (χ0n) is 14.9. The van der Waals surface area contributed by atoms with E-state index < -0.39 is 21.9 Å². The maximum absolute atomic E-state index is 12.8. The molecule has 1 aliphatic heterocycles.